The molecule has 2 bridgehead atoms. The van der Waals surface area contributed by atoms with Crippen molar-refractivity contribution in [3.05, 3.63) is 40.6 Å². The number of pyridine rings is 1. The lowest BCUT2D eigenvalue weighted by molar-refractivity contribution is -0.132. The highest BCUT2D eigenvalue weighted by atomic mass is 32.1. The van der Waals surface area contributed by atoms with Gasteiger partial charge in [0, 0.05) is 81.1 Å². The number of methoxy groups -OCH3 is 3. The number of ether oxygens (including phenoxy) is 3. The SMILES string of the molecule is COc1cc2nc3c(cc2c(OC)c1OC)CN(C(=O)CCn1cnnn1)CCN(C(=O)c1cscn1)CCC(=O)NCC1CCCN3C1. The Labute approximate surface area is 287 Å². The summed E-state index contributed by atoms with van der Waals surface area (Å²) >= 11 is 1.32. The minimum absolute atomic E-state index is 0.129. The molecule has 49 heavy (non-hydrogen) atoms. The molecule has 0 saturated carbocycles. The minimum atomic E-state index is -0.291. The first-order chi connectivity index (χ1) is 23.9. The minimum Gasteiger partial charge on any atom is -0.493 e. The number of tetrazole rings is 1. The number of piperidine rings is 1. The Hall–Kier alpha value is -5.06. The van der Waals surface area contributed by atoms with Crippen LogP contribution in [-0.2, 0) is 22.7 Å². The van der Waals surface area contributed by atoms with Gasteiger partial charge in [0.1, 0.15) is 17.8 Å². The number of aryl methyl sites for hydroxylation is 1. The van der Waals surface area contributed by atoms with Crippen molar-refractivity contribution < 1.29 is 28.6 Å². The largest absolute Gasteiger partial charge is 0.493 e. The summed E-state index contributed by atoms with van der Waals surface area (Å²) in [5.41, 5.74) is 3.37. The summed E-state index contributed by atoms with van der Waals surface area (Å²) in [4.78, 5) is 55.5. The predicted molar refractivity (Wildman–Crippen MR) is 180 cm³/mol. The summed E-state index contributed by atoms with van der Waals surface area (Å²) in [6.45, 7) is 3.03. The third-order valence-electron chi connectivity index (χ3n) is 8.93. The highest BCUT2D eigenvalue weighted by Gasteiger charge is 2.29. The standard InChI is InChI=1S/C32H40N10O6S/c1-46-26-14-24-23(29(47-2)30(26)48-3)13-22-17-40(28(44)7-10-42-19-35-37-38-42)12-11-39(32(45)25-18-49-20-34-25)9-6-27(43)33-15-21-5-4-8-41(16-21)31(22)36-24/h13-14,18-21H,4-12,15-17H2,1-3H3,(H,33,43). The first-order valence-corrected chi connectivity index (χ1v) is 17.1. The number of hydrogen-bond donors (Lipinski definition) is 1. The quantitative estimate of drug-likeness (QED) is 0.299. The van der Waals surface area contributed by atoms with Gasteiger partial charge in [-0.05, 0) is 35.3 Å². The summed E-state index contributed by atoms with van der Waals surface area (Å²) in [5, 5.41) is 16.7. The molecule has 0 radical (unpaired) electrons. The summed E-state index contributed by atoms with van der Waals surface area (Å²) in [7, 11) is 4.69. The van der Waals surface area contributed by atoms with Crippen molar-refractivity contribution in [1.29, 1.82) is 0 Å². The zero-order valence-corrected chi connectivity index (χ0v) is 28.6. The maximum absolute atomic E-state index is 14.0. The number of carbonyl (C=O) groups excluding carboxylic acids is 3. The molecule has 2 aliphatic rings. The summed E-state index contributed by atoms with van der Waals surface area (Å²) in [6.07, 6.45) is 3.60. The van der Waals surface area contributed by atoms with Crippen LogP contribution in [-0.4, -0.2) is 118 Å². The Morgan fingerprint density at radius 1 is 1.04 bits per heavy atom. The lowest BCUT2D eigenvalue weighted by atomic mass is 9.97. The fourth-order valence-corrected chi connectivity index (χ4v) is 6.93. The Morgan fingerprint density at radius 3 is 2.61 bits per heavy atom. The topological polar surface area (TPSA) is 170 Å². The van der Waals surface area contributed by atoms with Crippen LogP contribution in [0.5, 0.6) is 17.2 Å². The van der Waals surface area contributed by atoms with Gasteiger partial charge >= 0.3 is 0 Å². The second-order valence-electron chi connectivity index (χ2n) is 12.0. The van der Waals surface area contributed by atoms with Crippen LogP contribution in [0.4, 0.5) is 5.82 Å². The number of benzene rings is 1. The van der Waals surface area contributed by atoms with Gasteiger partial charge in [-0.1, -0.05) is 0 Å². The second kappa shape index (κ2) is 15.4. The van der Waals surface area contributed by atoms with E-state index in [2.05, 4.69) is 30.7 Å². The van der Waals surface area contributed by atoms with E-state index in [-0.39, 0.29) is 69.2 Å². The molecular weight excluding hydrogens is 652 g/mol. The van der Waals surface area contributed by atoms with Crippen LogP contribution in [0, 0.1) is 5.92 Å². The molecule has 3 aromatic heterocycles. The first-order valence-electron chi connectivity index (χ1n) is 16.2. The van der Waals surface area contributed by atoms with Gasteiger partial charge in [0.05, 0.1) is 38.9 Å². The molecule has 6 rings (SSSR count). The monoisotopic (exact) mass is 692 g/mol. The Bertz CT molecular complexity index is 1770. The average molecular weight is 693 g/mol. The number of thiazole rings is 1. The van der Waals surface area contributed by atoms with E-state index in [1.54, 1.807) is 42.0 Å². The summed E-state index contributed by atoms with van der Waals surface area (Å²) in [6, 6.07) is 3.83. The molecular formula is C32H40N10O6S. The van der Waals surface area contributed by atoms with Gasteiger partial charge in [-0.25, -0.2) is 14.6 Å². The molecule has 1 atom stereocenters. The molecule has 0 spiro atoms. The predicted octanol–water partition coefficient (Wildman–Crippen LogP) is 2.00. The highest BCUT2D eigenvalue weighted by Crippen LogP contribution is 2.44. The van der Waals surface area contributed by atoms with E-state index >= 15 is 0 Å². The fourth-order valence-electron chi connectivity index (χ4n) is 6.40. The van der Waals surface area contributed by atoms with E-state index in [4.69, 9.17) is 19.2 Å². The molecule has 3 amide bonds. The van der Waals surface area contributed by atoms with Gasteiger partial charge in [0.15, 0.2) is 11.5 Å². The number of carbonyl (C=O) groups is 3. The maximum Gasteiger partial charge on any atom is 0.273 e. The van der Waals surface area contributed by atoms with Crippen molar-refractivity contribution in [3.8, 4) is 17.2 Å². The number of aromatic nitrogens is 6. The Kier molecular flexibility index (Phi) is 10.7. The number of fused-ring (bicyclic) bond motifs is 5. The van der Waals surface area contributed by atoms with Crippen molar-refractivity contribution >= 4 is 45.8 Å². The van der Waals surface area contributed by atoms with Crippen LogP contribution in [0.25, 0.3) is 10.9 Å². The highest BCUT2D eigenvalue weighted by molar-refractivity contribution is 7.07. The third kappa shape index (κ3) is 7.66. The van der Waals surface area contributed by atoms with Crippen LogP contribution in [0.3, 0.4) is 0 Å². The molecule has 0 aliphatic carbocycles. The van der Waals surface area contributed by atoms with Crippen molar-refractivity contribution in [3.63, 3.8) is 0 Å². The molecule has 1 aromatic carbocycles. The number of nitrogens with zero attached hydrogens (tertiary/aromatic N) is 9. The summed E-state index contributed by atoms with van der Waals surface area (Å²) in [5.74, 6) is 1.75. The van der Waals surface area contributed by atoms with Gasteiger partial charge in [0.2, 0.25) is 17.6 Å². The molecule has 5 heterocycles. The molecule has 2 aliphatic heterocycles. The average Bonchev–Trinajstić information content (AvgIpc) is 3.86. The van der Waals surface area contributed by atoms with Crippen LogP contribution in [0.2, 0.25) is 0 Å². The van der Waals surface area contributed by atoms with Crippen LogP contribution < -0.4 is 24.4 Å². The number of amides is 3. The maximum atomic E-state index is 14.0. The van der Waals surface area contributed by atoms with Crippen LogP contribution in [0.15, 0.2) is 29.4 Å². The molecule has 16 nitrogen and oxygen atoms in total. The lowest BCUT2D eigenvalue weighted by Crippen LogP contribution is -2.43. The number of hydrogen-bond acceptors (Lipinski definition) is 13. The third-order valence-corrected chi connectivity index (χ3v) is 9.52. The molecule has 1 fully saturated rings. The van der Waals surface area contributed by atoms with Crippen molar-refractivity contribution in [2.24, 2.45) is 5.92 Å². The van der Waals surface area contributed by atoms with E-state index in [0.29, 0.717) is 46.9 Å². The molecule has 1 N–H and O–H groups in total. The zero-order chi connectivity index (χ0) is 34.3. The molecule has 260 valence electrons. The number of rotatable bonds is 7. The number of anilines is 1. The zero-order valence-electron chi connectivity index (χ0n) is 27.8. The lowest BCUT2D eigenvalue weighted by Gasteiger charge is -2.35. The van der Waals surface area contributed by atoms with E-state index in [1.165, 1.54) is 22.3 Å². The second-order valence-corrected chi connectivity index (χ2v) is 12.7. The van der Waals surface area contributed by atoms with Crippen LogP contribution in [0.1, 0.15) is 41.7 Å². The van der Waals surface area contributed by atoms with E-state index in [1.807, 2.05) is 12.1 Å². The molecule has 1 saturated heterocycles. The normalized spacial score (nSPS) is 17.5. The van der Waals surface area contributed by atoms with Gasteiger partial charge in [-0.15, -0.1) is 16.4 Å². The van der Waals surface area contributed by atoms with Gasteiger partial charge in [-0.2, -0.15) is 0 Å². The van der Waals surface area contributed by atoms with Crippen molar-refractivity contribution in [2.75, 3.05) is 65.5 Å². The molecule has 17 heteroatoms. The van der Waals surface area contributed by atoms with Crippen LogP contribution >= 0.6 is 11.3 Å². The van der Waals surface area contributed by atoms with Gasteiger partial charge in [-0.3, -0.25) is 14.4 Å². The smallest absolute Gasteiger partial charge is 0.273 e. The summed E-state index contributed by atoms with van der Waals surface area (Å²) < 4.78 is 18.6. The first kappa shape index (κ1) is 33.8. The number of nitrogens with one attached hydrogen (secondary N) is 1. The van der Waals surface area contributed by atoms with Crippen molar-refractivity contribution in [1.82, 2.24) is 45.3 Å². The van der Waals surface area contributed by atoms with Gasteiger partial charge in [0.25, 0.3) is 5.91 Å². The van der Waals surface area contributed by atoms with Gasteiger partial charge < -0.3 is 34.2 Å². The van der Waals surface area contributed by atoms with E-state index in [0.717, 1.165) is 30.8 Å². The van der Waals surface area contributed by atoms with E-state index < -0.39 is 0 Å². The Balaban J connectivity index is 1.43. The Morgan fingerprint density at radius 2 is 1.88 bits per heavy atom. The molecule has 1 unspecified atom stereocenters. The van der Waals surface area contributed by atoms with E-state index in [9.17, 15) is 14.4 Å². The fraction of sp³-hybridized carbons (Fsp3) is 0.500. The molecule has 4 aromatic rings. The van der Waals surface area contributed by atoms with Crippen molar-refractivity contribution in [2.45, 2.75) is 38.8 Å².